The molecule has 1 aliphatic carbocycles. The lowest BCUT2D eigenvalue weighted by molar-refractivity contribution is -0.129. The van der Waals surface area contributed by atoms with Crippen LogP contribution in [0.15, 0.2) is 45.3 Å². The van der Waals surface area contributed by atoms with Gasteiger partial charge in [-0.05, 0) is 12.1 Å². The third kappa shape index (κ3) is 3.56. The van der Waals surface area contributed by atoms with E-state index in [1.54, 1.807) is 6.08 Å². The first-order chi connectivity index (χ1) is 11.0. The number of rotatable bonds is 6. The molecule has 23 heavy (non-hydrogen) atoms. The van der Waals surface area contributed by atoms with Crippen LogP contribution in [0.1, 0.15) is 18.4 Å². The van der Waals surface area contributed by atoms with Crippen LogP contribution in [0.3, 0.4) is 0 Å². The van der Waals surface area contributed by atoms with E-state index in [9.17, 15) is 19.0 Å². The van der Waals surface area contributed by atoms with Crippen molar-refractivity contribution in [1.29, 1.82) is 0 Å². The summed E-state index contributed by atoms with van der Waals surface area (Å²) in [4.78, 5) is 17.5. The van der Waals surface area contributed by atoms with Gasteiger partial charge in [0.1, 0.15) is 0 Å². The summed E-state index contributed by atoms with van der Waals surface area (Å²) in [5.74, 6) is -1.21. The van der Waals surface area contributed by atoms with Crippen LogP contribution in [0.4, 0.5) is 0 Å². The zero-order valence-electron chi connectivity index (χ0n) is 12.2. The lowest BCUT2D eigenvalue weighted by Crippen LogP contribution is -2.18. The largest absolute Gasteiger partial charge is 0.476 e. The van der Waals surface area contributed by atoms with Crippen molar-refractivity contribution in [3.05, 3.63) is 40.8 Å². The van der Waals surface area contributed by atoms with Gasteiger partial charge in [0.25, 0.3) is 0 Å². The van der Waals surface area contributed by atoms with Crippen LogP contribution in [-0.2, 0) is 14.4 Å². The van der Waals surface area contributed by atoms with Crippen LogP contribution in [-0.4, -0.2) is 45.2 Å². The smallest absolute Gasteiger partial charge is 0.358 e. The SMILES string of the molecule is O=C(O)C(=NO[C@@H]1CCOC1)c1ccc(S(O)(O)C2=CC2)cc1. The molecule has 1 atom stereocenters. The first-order valence-corrected chi connectivity index (χ1v) is 8.66. The molecule has 0 amide bonds. The number of nitrogens with zero attached hydrogens (tertiary/aromatic N) is 1. The Morgan fingerprint density at radius 3 is 2.52 bits per heavy atom. The maximum absolute atomic E-state index is 11.4. The van der Waals surface area contributed by atoms with Crippen LogP contribution in [0.5, 0.6) is 0 Å². The van der Waals surface area contributed by atoms with Crippen molar-refractivity contribution < 1.29 is 28.6 Å². The fraction of sp³-hybridized carbons (Fsp3) is 0.333. The zero-order valence-corrected chi connectivity index (χ0v) is 13.0. The summed E-state index contributed by atoms with van der Waals surface area (Å²) in [6.07, 6.45) is 2.79. The third-order valence-corrected chi connectivity index (χ3v) is 5.57. The molecule has 3 N–H and O–H groups in total. The maximum Gasteiger partial charge on any atom is 0.358 e. The molecule has 1 aromatic carbocycles. The second kappa shape index (κ2) is 6.32. The molecular weight excluding hydrogens is 322 g/mol. The molecule has 1 aliphatic heterocycles. The number of carboxylic acid groups (broad SMARTS) is 1. The summed E-state index contributed by atoms with van der Waals surface area (Å²) >= 11 is 0. The van der Waals surface area contributed by atoms with E-state index in [1.165, 1.54) is 24.3 Å². The number of hydrogen-bond donors (Lipinski definition) is 3. The number of hydrogen-bond acceptors (Lipinski definition) is 6. The minimum Gasteiger partial charge on any atom is -0.476 e. The molecular formula is C15H17NO6S. The highest BCUT2D eigenvalue weighted by Gasteiger charge is 2.27. The molecule has 124 valence electrons. The summed E-state index contributed by atoms with van der Waals surface area (Å²) in [5.41, 5.74) is 0.103. The number of aliphatic carboxylic acids is 1. The lowest BCUT2D eigenvalue weighted by atomic mass is 10.1. The second-order valence-corrected chi connectivity index (χ2v) is 7.38. The molecule has 0 spiro atoms. The van der Waals surface area contributed by atoms with E-state index < -0.39 is 16.6 Å². The monoisotopic (exact) mass is 339 g/mol. The average molecular weight is 339 g/mol. The van der Waals surface area contributed by atoms with Gasteiger partial charge < -0.3 is 14.7 Å². The fourth-order valence-corrected chi connectivity index (χ4v) is 3.53. The van der Waals surface area contributed by atoms with Crippen LogP contribution in [0, 0.1) is 0 Å². The van der Waals surface area contributed by atoms with Gasteiger partial charge in [0.2, 0.25) is 0 Å². The Morgan fingerprint density at radius 1 is 1.30 bits per heavy atom. The molecule has 0 bridgehead atoms. The van der Waals surface area contributed by atoms with Crippen LogP contribution >= 0.6 is 10.6 Å². The van der Waals surface area contributed by atoms with Crippen molar-refractivity contribution in [1.82, 2.24) is 0 Å². The van der Waals surface area contributed by atoms with Gasteiger partial charge >= 0.3 is 5.97 Å². The Hall–Kier alpha value is -1.87. The summed E-state index contributed by atoms with van der Waals surface area (Å²) < 4.78 is 25.3. The quantitative estimate of drug-likeness (QED) is 0.543. The van der Waals surface area contributed by atoms with E-state index >= 15 is 0 Å². The normalized spacial score (nSPS) is 21.7. The second-order valence-electron chi connectivity index (χ2n) is 5.28. The van der Waals surface area contributed by atoms with Crippen molar-refractivity contribution >= 4 is 22.3 Å². The Labute approximate surface area is 134 Å². The highest BCUT2D eigenvalue weighted by molar-refractivity contribution is 8.27. The topological polar surface area (TPSA) is 109 Å². The minimum absolute atomic E-state index is 0.231. The number of carbonyl (C=O) groups is 1. The number of allylic oxidation sites excluding steroid dienone is 2. The van der Waals surface area contributed by atoms with Gasteiger partial charge in [0.15, 0.2) is 11.8 Å². The predicted octanol–water partition coefficient (Wildman–Crippen LogP) is 2.68. The van der Waals surface area contributed by atoms with Crippen molar-refractivity contribution in [2.75, 3.05) is 13.2 Å². The molecule has 7 nitrogen and oxygen atoms in total. The van der Waals surface area contributed by atoms with Crippen molar-refractivity contribution in [2.45, 2.75) is 23.8 Å². The van der Waals surface area contributed by atoms with Crippen molar-refractivity contribution in [3.63, 3.8) is 0 Å². The maximum atomic E-state index is 11.4. The molecule has 3 rings (SSSR count). The summed E-state index contributed by atoms with van der Waals surface area (Å²) in [7, 11) is -2.93. The van der Waals surface area contributed by atoms with E-state index in [4.69, 9.17) is 9.57 Å². The van der Waals surface area contributed by atoms with Gasteiger partial charge in [-0.1, -0.05) is 23.4 Å². The van der Waals surface area contributed by atoms with Gasteiger partial charge in [-0.2, -0.15) is 0 Å². The molecule has 2 aliphatic rings. The van der Waals surface area contributed by atoms with E-state index in [1.807, 2.05) is 0 Å². The summed E-state index contributed by atoms with van der Waals surface area (Å²) in [6, 6.07) is 5.99. The van der Waals surface area contributed by atoms with E-state index in [0.29, 0.717) is 41.4 Å². The van der Waals surface area contributed by atoms with E-state index in [-0.39, 0.29) is 11.8 Å². The fourth-order valence-electron chi connectivity index (χ4n) is 2.17. The van der Waals surface area contributed by atoms with Crippen LogP contribution in [0.2, 0.25) is 0 Å². The lowest BCUT2D eigenvalue weighted by Gasteiger charge is -2.30. The Kier molecular flexibility index (Phi) is 4.40. The molecule has 8 heteroatoms. The van der Waals surface area contributed by atoms with Gasteiger partial charge in [-0.25, -0.2) is 4.79 Å². The van der Waals surface area contributed by atoms with Gasteiger partial charge in [-0.3, -0.25) is 9.11 Å². The Morgan fingerprint density at radius 2 is 2.00 bits per heavy atom. The Bertz CT molecular complexity index is 661. The first kappa shape index (κ1) is 16.0. The third-order valence-electron chi connectivity index (χ3n) is 3.58. The standard InChI is InChI=1S/C15H17NO6S/c17-15(18)14(16-22-11-7-8-21-9-11)10-1-3-12(4-2-10)23(19,20)13-5-6-13/h1-5,11,19-20H,6-9H2,(H,17,18)/t11-/m1/s1. The van der Waals surface area contributed by atoms with Gasteiger partial charge in [-0.15, -0.1) is 10.6 Å². The van der Waals surface area contributed by atoms with E-state index in [2.05, 4.69) is 5.16 Å². The summed E-state index contributed by atoms with van der Waals surface area (Å²) in [6.45, 7) is 0.969. The number of oxime groups is 1. The van der Waals surface area contributed by atoms with Gasteiger partial charge in [0.05, 0.1) is 18.1 Å². The molecule has 0 radical (unpaired) electrons. The van der Waals surface area contributed by atoms with Crippen molar-refractivity contribution in [3.8, 4) is 0 Å². The van der Waals surface area contributed by atoms with E-state index in [0.717, 1.165) is 0 Å². The molecule has 1 heterocycles. The molecule has 0 saturated carbocycles. The first-order valence-electron chi connectivity index (χ1n) is 7.11. The molecule has 1 fully saturated rings. The predicted molar refractivity (Wildman–Crippen MR) is 84.7 cm³/mol. The van der Waals surface area contributed by atoms with Gasteiger partial charge in [0, 0.05) is 23.3 Å². The van der Waals surface area contributed by atoms with Crippen molar-refractivity contribution in [2.24, 2.45) is 5.16 Å². The number of benzene rings is 1. The number of carboxylic acids is 1. The Balaban J connectivity index is 1.78. The highest BCUT2D eigenvalue weighted by atomic mass is 32.3. The van der Waals surface area contributed by atoms with Crippen LogP contribution in [0.25, 0.3) is 0 Å². The molecule has 0 aromatic heterocycles. The molecule has 1 saturated heterocycles. The summed E-state index contributed by atoms with van der Waals surface area (Å²) in [5, 5.41) is 13.0. The zero-order chi connectivity index (χ0) is 16.4. The molecule has 0 unspecified atom stereocenters. The number of ether oxygens (including phenoxy) is 1. The highest BCUT2D eigenvalue weighted by Crippen LogP contribution is 2.61. The molecule has 1 aromatic rings. The minimum atomic E-state index is -2.93. The van der Waals surface area contributed by atoms with Crippen LogP contribution < -0.4 is 0 Å². The average Bonchev–Trinajstić information content (AvgIpc) is 3.27.